The molecule has 0 radical (unpaired) electrons. The fourth-order valence-electron chi connectivity index (χ4n) is 18.1. The second-order valence-corrected chi connectivity index (χ2v) is 32.9. The normalized spacial score (nSPS) is 24.7. The Morgan fingerprint density at radius 1 is 0.515 bits per heavy atom. The first-order valence-electron chi connectivity index (χ1n) is 38.6. The number of thiophene rings is 1. The Balaban J connectivity index is 0.000000123. The maximum atomic E-state index is 13.9. The van der Waals surface area contributed by atoms with Crippen molar-refractivity contribution < 1.29 is 14.4 Å². The van der Waals surface area contributed by atoms with Gasteiger partial charge in [0.25, 0.3) is 11.8 Å². The molecule has 0 bridgehead atoms. The molecule has 2 aliphatic carbocycles. The average molecular weight is 1390 g/mol. The van der Waals surface area contributed by atoms with Gasteiger partial charge < -0.3 is 29.4 Å². The Morgan fingerprint density at radius 3 is 1.46 bits per heavy atom. The van der Waals surface area contributed by atoms with Crippen molar-refractivity contribution in [2.75, 3.05) is 80.7 Å². The Labute approximate surface area is 599 Å². The van der Waals surface area contributed by atoms with Gasteiger partial charge in [0, 0.05) is 148 Å². The number of hydrazone groups is 1. The summed E-state index contributed by atoms with van der Waals surface area (Å²) in [6.45, 7) is 26.4. The van der Waals surface area contributed by atoms with E-state index in [4.69, 9.17) is 35.3 Å². The molecule has 2 unspecified atom stereocenters. The molecule has 1 saturated carbocycles. The monoisotopic (exact) mass is 1390 g/mol. The second kappa shape index (κ2) is 29.1. The van der Waals surface area contributed by atoms with E-state index in [1.807, 2.05) is 43.6 Å². The number of carbonyl (C=O) groups is 3. The molecule has 3 amide bonds. The van der Waals surface area contributed by atoms with Crippen LogP contribution >= 0.6 is 11.3 Å². The molecule has 101 heavy (non-hydrogen) atoms. The minimum atomic E-state index is -0.156. The quantitative estimate of drug-likeness (QED) is 0.119. The molecule has 0 N–H and O–H groups in total. The smallest absolute Gasteiger partial charge is 0.272 e. The SMILES string of the molecule is Cc1cn2nc([C@@H]3CCCCN3C(=O)C3C4CCCCC4=NN3C)cc2nc1N1CC[C@H](C)C1.Cc1cn2nc([C@@H]3CCCCN3C(=O)c3cc(CC(C)C)nn3C)cc2nc1N1CC[C@H](C)C1.Cc1cn2nc([C@@H]3CCCCN3C(=O)c3csc4c3CCCC4)cc2nc1N1CC[C@H](C)C1. The molecule has 22 nitrogen and oxygen atoms in total. The number of carbonyl (C=O) groups excluding carboxylic acids is 3. The summed E-state index contributed by atoms with van der Waals surface area (Å²) in [6, 6.07) is 8.11. The van der Waals surface area contributed by atoms with Crippen molar-refractivity contribution in [1.82, 2.24) is 73.3 Å². The molecule has 0 aromatic carbocycles. The van der Waals surface area contributed by atoms with Gasteiger partial charge in [0.1, 0.15) is 29.2 Å². The molecular weight excluding hydrogens is 1280 g/mol. The van der Waals surface area contributed by atoms with Crippen molar-refractivity contribution in [1.29, 1.82) is 0 Å². The van der Waals surface area contributed by atoms with E-state index in [-0.39, 0.29) is 47.8 Å². The van der Waals surface area contributed by atoms with Gasteiger partial charge >= 0.3 is 0 Å². The summed E-state index contributed by atoms with van der Waals surface area (Å²) < 4.78 is 7.45. The first-order chi connectivity index (χ1) is 48.9. The maximum Gasteiger partial charge on any atom is 0.272 e. The van der Waals surface area contributed by atoms with Crippen LogP contribution < -0.4 is 14.7 Å². The Hall–Kier alpha value is -7.95. The lowest BCUT2D eigenvalue weighted by atomic mass is 9.82. The highest BCUT2D eigenvalue weighted by Crippen LogP contribution is 2.41. The number of fused-ring (bicyclic) bond motifs is 5. The van der Waals surface area contributed by atoms with Gasteiger partial charge in [-0.25, -0.2) is 28.5 Å². The molecule has 8 aromatic heterocycles. The van der Waals surface area contributed by atoms with Crippen LogP contribution in [-0.2, 0) is 31.1 Å². The van der Waals surface area contributed by atoms with Gasteiger partial charge in [-0.1, -0.05) is 41.0 Å². The molecule has 0 spiro atoms. The van der Waals surface area contributed by atoms with E-state index < -0.39 is 0 Å². The van der Waals surface area contributed by atoms with Gasteiger partial charge in [0.05, 0.1) is 46.5 Å². The summed E-state index contributed by atoms with van der Waals surface area (Å²) in [6.07, 6.45) is 29.3. The number of piperidine rings is 3. The summed E-state index contributed by atoms with van der Waals surface area (Å²) in [7, 11) is 3.85. The van der Waals surface area contributed by atoms with Gasteiger partial charge in [-0.3, -0.25) is 24.1 Å². The van der Waals surface area contributed by atoms with Gasteiger partial charge in [-0.2, -0.15) is 25.5 Å². The van der Waals surface area contributed by atoms with Crippen molar-refractivity contribution >= 4 is 69.2 Å². The first-order valence-corrected chi connectivity index (χ1v) is 39.5. The fourth-order valence-corrected chi connectivity index (χ4v) is 19.2. The number of hydrogen-bond acceptors (Lipinski definition) is 16. The highest BCUT2D eigenvalue weighted by Gasteiger charge is 2.46. The van der Waals surface area contributed by atoms with Crippen LogP contribution in [0.3, 0.4) is 0 Å². The largest absolute Gasteiger partial charge is 0.356 e. The second-order valence-electron chi connectivity index (χ2n) is 31.9. The number of nitrogens with zero attached hydrogens (tertiary/aromatic N) is 19. The lowest BCUT2D eigenvalue weighted by Gasteiger charge is -2.39. The van der Waals surface area contributed by atoms with Crippen LogP contribution in [0.1, 0.15) is 239 Å². The number of likely N-dealkylation sites (tertiary alicyclic amines) is 3. The number of hydrogen-bond donors (Lipinski definition) is 0. The van der Waals surface area contributed by atoms with Gasteiger partial charge in [0.2, 0.25) is 5.91 Å². The molecule has 15 heterocycles. The summed E-state index contributed by atoms with van der Waals surface area (Å²) in [5.41, 5.74) is 14.1. The van der Waals surface area contributed by atoms with Crippen LogP contribution in [0.25, 0.3) is 16.9 Å². The third kappa shape index (κ3) is 14.0. The molecule has 538 valence electrons. The summed E-state index contributed by atoms with van der Waals surface area (Å²) >= 11 is 1.78. The summed E-state index contributed by atoms with van der Waals surface area (Å²) in [5, 5.41) is 28.2. The standard InChI is InChI=1S/2C26H37N7O.C26H33N5OS/c1-17-11-13-31(15-17)25-18(2)16-33-23(27-25)14-21(29-33)22-10-6-7-12-32(22)26(34)24-19-8-4-5-9-20(19)28-30(24)3;1-17(2)12-20-13-23(30(5)28-20)26(34)32-10-7-6-8-22(32)21-14-24-27-25(19(4)16-33(24)29-21)31-11-9-18(3)15-31;1-17-10-12-29(14-17)25-18(2)15-31-24(27-25)13-21(28-31)22-8-5-6-11-30(22)26(32)20-16-33-23-9-4-3-7-19(20)23/h14,16-17,19,22,24H,4-13,15H2,1-3H3;13-14,16-18,22H,6-12,15H2,1-5H3;13,15-17,22H,3-12,14H2,1-2H3/t17-,19?,22-,24?;18-,22-;17-,22-/m000/s1. The van der Waals surface area contributed by atoms with Crippen molar-refractivity contribution in [2.45, 2.75) is 214 Å². The number of likely N-dealkylation sites (N-methyl/N-ethyl adjacent to an activating group) is 1. The van der Waals surface area contributed by atoms with Crippen LogP contribution in [-0.4, -0.2) is 169 Å². The molecule has 7 fully saturated rings. The number of anilines is 3. The van der Waals surface area contributed by atoms with Crippen molar-refractivity contribution in [2.24, 2.45) is 41.7 Å². The first kappa shape index (κ1) is 68.8. The van der Waals surface area contributed by atoms with E-state index in [0.717, 1.165) is 228 Å². The van der Waals surface area contributed by atoms with Crippen molar-refractivity contribution in [3.8, 4) is 0 Å². The highest BCUT2D eigenvalue weighted by molar-refractivity contribution is 7.10. The predicted octanol–water partition coefficient (Wildman–Crippen LogP) is 13.2. The van der Waals surface area contributed by atoms with Crippen molar-refractivity contribution in [3.63, 3.8) is 0 Å². The Morgan fingerprint density at radius 2 is 0.970 bits per heavy atom. The average Bonchev–Trinajstić information content (AvgIpc) is 1.65. The lowest BCUT2D eigenvalue weighted by molar-refractivity contribution is -0.141. The molecule has 8 aromatic rings. The molecular formula is C78H107N19O3S. The number of rotatable bonds is 11. The molecule has 9 aliphatic rings. The minimum Gasteiger partial charge on any atom is -0.356 e. The van der Waals surface area contributed by atoms with E-state index in [9.17, 15) is 14.4 Å². The fraction of sp³-hybridized carbons (Fsp3) is 0.628. The van der Waals surface area contributed by atoms with Crippen LogP contribution in [0.2, 0.25) is 0 Å². The third-order valence-corrected chi connectivity index (χ3v) is 24.5. The molecule has 17 rings (SSSR count). The van der Waals surface area contributed by atoms with E-state index in [1.54, 1.807) is 16.0 Å². The molecule has 7 aliphatic heterocycles. The van der Waals surface area contributed by atoms with Crippen LogP contribution in [0.4, 0.5) is 17.5 Å². The molecule has 6 saturated heterocycles. The van der Waals surface area contributed by atoms with Gasteiger partial charge in [-0.05, 0) is 184 Å². The van der Waals surface area contributed by atoms with E-state index in [0.29, 0.717) is 29.4 Å². The highest BCUT2D eigenvalue weighted by atomic mass is 32.1. The number of aryl methyl sites for hydroxylation is 5. The van der Waals surface area contributed by atoms with E-state index >= 15 is 0 Å². The van der Waals surface area contributed by atoms with Gasteiger partial charge in [0.15, 0.2) is 16.9 Å². The molecule has 23 heteroatoms. The van der Waals surface area contributed by atoms with Gasteiger partial charge in [-0.15, -0.1) is 11.3 Å². The minimum absolute atomic E-state index is 0.0135. The topological polar surface area (TPSA) is 195 Å². The lowest BCUT2D eigenvalue weighted by Crippen LogP contribution is -2.50. The number of amides is 3. The van der Waals surface area contributed by atoms with Crippen LogP contribution in [0.5, 0.6) is 0 Å². The summed E-state index contributed by atoms with van der Waals surface area (Å²) in [5.74, 6) is 6.61. The van der Waals surface area contributed by atoms with E-state index in [1.165, 1.54) is 61.1 Å². The number of aromatic nitrogens is 11. The Kier molecular flexibility index (Phi) is 19.8. The van der Waals surface area contributed by atoms with E-state index in [2.05, 4.69) is 127 Å². The maximum absolute atomic E-state index is 13.9. The Bertz CT molecular complexity index is 4390. The zero-order valence-electron chi connectivity index (χ0n) is 61.7. The zero-order chi connectivity index (χ0) is 69.9. The predicted molar refractivity (Wildman–Crippen MR) is 398 cm³/mol. The molecule has 8 atom stereocenters. The van der Waals surface area contributed by atoms with Crippen LogP contribution in [0, 0.1) is 50.4 Å². The summed E-state index contributed by atoms with van der Waals surface area (Å²) in [4.78, 5) is 71.1. The third-order valence-electron chi connectivity index (χ3n) is 23.4. The zero-order valence-corrected chi connectivity index (χ0v) is 62.5. The van der Waals surface area contributed by atoms with Crippen LogP contribution in [0.15, 0.2) is 53.3 Å². The van der Waals surface area contributed by atoms with Crippen molar-refractivity contribution in [3.05, 3.63) is 109 Å².